The first-order valence-electron chi connectivity index (χ1n) is 7.34. The highest BCUT2D eigenvalue weighted by atomic mass is 16.1. The summed E-state index contributed by atoms with van der Waals surface area (Å²) in [6.07, 6.45) is 7.75. The normalized spacial score (nSPS) is 17.4. The third-order valence-electron chi connectivity index (χ3n) is 4.12. The maximum Gasteiger partial charge on any atom is 0.257 e. The molecule has 1 amide bonds. The first kappa shape index (κ1) is 13.0. The molecular weight excluding hydrogens is 280 g/mol. The number of carbonyl (C=O) groups excluding carboxylic acids is 1. The van der Waals surface area contributed by atoms with Crippen molar-refractivity contribution in [1.29, 1.82) is 0 Å². The van der Waals surface area contributed by atoms with Crippen molar-refractivity contribution in [2.45, 2.75) is 32.2 Å². The largest absolute Gasteiger partial charge is 0.349 e. The van der Waals surface area contributed by atoms with E-state index in [0.717, 1.165) is 30.7 Å². The Hall–Kier alpha value is -2.70. The van der Waals surface area contributed by atoms with Gasteiger partial charge in [0.05, 0.1) is 17.7 Å². The molecule has 3 aromatic heterocycles. The Balaban J connectivity index is 1.58. The van der Waals surface area contributed by atoms with Crippen LogP contribution in [-0.2, 0) is 12.8 Å². The molecule has 0 saturated heterocycles. The van der Waals surface area contributed by atoms with Crippen LogP contribution >= 0.6 is 0 Å². The van der Waals surface area contributed by atoms with Gasteiger partial charge in [-0.25, -0.2) is 14.5 Å². The van der Waals surface area contributed by atoms with E-state index < -0.39 is 0 Å². The van der Waals surface area contributed by atoms with Crippen molar-refractivity contribution in [3.8, 4) is 0 Å². The molecule has 4 rings (SSSR count). The van der Waals surface area contributed by atoms with Crippen molar-refractivity contribution in [1.82, 2.24) is 29.9 Å². The smallest absolute Gasteiger partial charge is 0.257 e. The molecule has 112 valence electrons. The fourth-order valence-electron chi connectivity index (χ4n) is 3.04. The van der Waals surface area contributed by atoms with Gasteiger partial charge in [-0.15, -0.1) is 0 Å². The van der Waals surface area contributed by atoms with E-state index in [2.05, 4.69) is 25.4 Å². The molecule has 0 saturated carbocycles. The Morgan fingerprint density at radius 2 is 2.36 bits per heavy atom. The second-order valence-corrected chi connectivity index (χ2v) is 5.59. The molecule has 0 aromatic carbocycles. The lowest BCUT2D eigenvalue weighted by molar-refractivity contribution is 0.0934. The Morgan fingerprint density at radius 1 is 1.45 bits per heavy atom. The standard InChI is InChI=1S/C15H16N6O/c1-9-13(14-16-5-2-6-21(14)20-9)15(22)19-10-3-4-11-12(7-10)18-8-17-11/h2,5-6,8,10H,3-4,7H2,1H3,(H,17,18)(H,19,22). The van der Waals surface area contributed by atoms with Gasteiger partial charge in [-0.3, -0.25) is 4.79 Å². The Labute approximate surface area is 126 Å². The quantitative estimate of drug-likeness (QED) is 0.740. The number of fused-ring (bicyclic) bond motifs is 2. The number of nitrogens with zero attached hydrogens (tertiary/aromatic N) is 4. The van der Waals surface area contributed by atoms with E-state index in [1.54, 1.807) is 29.3 Å². The van der Waals surface area contributed by atoms with Crippen molar-refractivity contribution in [2.24, 2.45) is 0 Å². The summed E-state index contributed by atoms with van der Waals surface area (Å²) in [6, 6.07) is 1.90. The molecule has 1 atom stereocenters. The number of rotatable bonds is 2. The summed E-state index contributed by atoms with van der Waals surface area (Å²) in [5, 5.41) is 7.44. The van der Waals surface area contributed by atoms with Crippen LogP contribution in [0.4, 0.5) is 0 Å². The van der Waals surface area contributed by atoms with Gasteiger partial charge in [0, 0.05) is 30.6 Å². The number of carbonyl (C=O) groups is 1. The van der Waals surface area contributed by atoms with Gasteiger partial charge in [0.1, 0.15) is 5.56 Å². The van der Waals surface area contributed by atoms with E-state index >= 15 is 0 Å². The van der Waals surface area contributed by atoms with Crippen LogP contribution in [0.1, 0.15) is 33.9 Å². The lowest BCUT2D eigenvalue weighted by atomic mass is 9.96. The molecule has 7 nitrogen and oxygen atoms in total. The van der Waals surface area contributed by atoms with Crippen molar-refractivity contribution in [3.63, 3.8) is 0 Å². The highest BCUT2D eigenvalue weighted by Gasteiger charge is 2.25. The van der Waals surface area contributed by atoms with E-state index in [-0.39, 0.29) is 11.9 Å². The van der Waals surface area contributed by atoms with Gasteiger partial charge in [-0.2, -0.15) is 5.10 Å². The van der Waals surface area contributed by atoms with Crippen LogP contribution in [0.25, 0.3) is 5.65 Å². The molecular formula is C15H16N6O. The lowest BCUT2D eigenvalue weighted by Gasteiger charge is -2.22. The fraction of sp³-hybridized carbons (Fsp3) is 0.333. The molecule has 0 fully saturated rings. The number of aryl methyl sites for hydroxylation is 2. The number of H-pyrrole nitrogens is 1. The van der Waals surface area contributed by atoms with Gasteiger partial charge in [-0.05, 0) is 25.8 Å². The van der Waals surface area contributed by atoms with Crippen LogP contribution in [0, 0.1) is 6.92 Å². The zero-order valence-corrected chi connectivity index (χ0v) is 12.2. The van der Waals surface area contributed by atoms with Gasteiger partial charge in [0.2, 0.25) is 0 Å². The molecule has 1 aliphatic carbocycles. The second kappa shape index (κ2) is 4.94. The van der Waals surface area contributed by atoms with Gasteiger partial charge in [0.15, 0.2) is 5.65 Å². The molecule has 1 unspecified atom stereocenters. The van der Waals surface area contributed by atoms with Crippen LogP contribution in [0.3, 0.4) is 0 Å². The lowest BCUT2D eigenvalue weighted by Crippen LogP contribution is -2.39. The SMILES string of the molecule is Cc1nn2cccnc2c1C(=O)NC1CCc2nc[nH]c2C1. The zero-order valence-electron chi connectivity index (χ0n) is 12.2. The average Bonchev–Trinajstić information content (AvgIpc) is 3.09. The minimum atomic E-state index is -0.112. The maximum atomic E-state index is 12.6. The van der Waals surface area contributed by atoms with Crippen LogP contribution in [0.2, 0.25) is 0 Å². The summed E-state index contributed by atoms with van der Waals surface area (Å²) in [7, 11) is 0. The van der Waals surface area contributed by atoms with Gasteiger partial charge >= 0.3 is 0 Å². The molecule has 7 heteroatoms. The number of nitrogens with one attached hydrogen (secondary N) is 2. The summed E-state index contributed by atoms with van der Waals surface area (Å²) in [4.78, 5) is 24.3. The van der Waals surface area contributed by atoms with Crippen LogP contribution in [0.15, 0.2) is 24.8 Å². The van der Waals surface area contributed by atoms with Crippen LogP contribution in [-0.4, -0.2) is 36.5 Å². The summed E-state index contributed by atoms with van der Waals surface area (Å²) in [5.74, 6) is -0.112. The van der Waals surface area contributed by atoms with E-state index in [9.17, 15) is 4.79 Å². The van der Waals surface area contributed by atoms with E-state index in [4.69, 9.17) is 0 Å². The van der Waals surface area contributed by atoms with Crippen molar-refractivity contribution in [2.75, 3.05) is 0 Å². The minimum Gasteiger partial charge on any atom is -0.349 e. The van der Waals surface area contributed by atoms with Crippen LogP contribution in [0.5, 0.6) is 0 Å². The first-order valence-corrected chi connectivity index (χ1v) is 7.34. The summed E-state index contributed by atoms with van der Waals surface area (Å²) < 4.78 is 1.64. The molecule has 2 N–H and O–H groups in total. The summed E-state index contributed by atoms with van der Waals surface area (Å²) in [6.45, 7) is 1.83. The van der Waals surface area contributed by atoms with Gasteiger partial charge in [-0.1, -0.05) is 0 Å². The molecule has 0 aliphatic heterocycles. The average molecular weight is 296 g/mol. The second-order valence-electron chi connectivity index (χ2n) is 5.59. The molecule has 3 heterocycles. The minimum absolute atomic E-state index is 0.110. The number of aromatic amines is 1. The highest BCUT2D eigenvalue weighted by Crippen LogP contribution is 2.19. The van der Waals surface area contributed by atoms with Gasteiger partial charge < -0.3 is 10.3 Å². The van der Waals surface area contributed by atoms with Gasteiger partial charge in [0.25, 0.3) is 5.91 Å². The number of aromatic nitrogens is 5. The number of hydrogen-bond donors (Lipinski definition) is 2. The summed E-state index contributed by atoms with van der Waals surface area (Å²) >= 11 is 0. The monoisotopic (exact) mass is 296 g/mol. The molecule has 1 aliphatic rings. The molecule has 0 radical (unpaired) electrons. The predicted molar refractivity (Wildman–Crippen MR) is 79.6 cm³/mol. The third kappa shape index (κ3) is 2.05. The van der Waals surface area contributed by atoms with Crippen molar-refractivity contribution < 1.29 is 4.79 Å². The molecule has 0 spiro atoms. The van der Waals surface area contributed by atoms with E-state index in [1.807, 2.05) is 6.92 Å². The van der Waals surface area contributed by atoms with Crippen molar-refractivity contribution >= 4 is 11.6 Å². The molecule has 0 bridgehead atoms. The Bertz CT molecular complexity index is 849. The van der Waals surface area contributed by atoms with Crippen LogP contribution < -0.4 is 5.32 Å². The predicted octanol–water partition coefficient (Wildman–Crippen LogP) is 1.05. The Morgan fingerprint density at radius 3 is 3.27 bits per heavy atom. The Kier molecular flexibility index (Phi) is 2.92. The third-order valence-corrected chi connectivity index (χ3v) is 4.12. The fourth-order valence-corrected chi connectivity index (χ4v) is 3.04. The van der Waals surface area contributed by atoms with E-state index in [0.29, 0.717) is 16.9 Å². The topological polar surface area (TPSA) is 88.0 Å². The maximum absolute atomic E-state index is 12.6. The number of hydrogen-bond acceptors (Lipinski definition) is 4. The van der Waals surface area contributed by atoms with E-state index in [1.165, 1.54) is 0 Å². The zero-order chi connectivity index (χ0) is 15.1. The number of imidazole rings is 1. The highest BCUT2D eigenvalue weighted by molar-refractivity contribution is 6.01. The van der Waals surface area contributed by atoms with Crippen molar-refractivity contribution in [3.05, 3.63) is 47.4 Å². The molecule has 3 aromatic rings. The first-order chi connectivity index (χ1) is 10.7. The summed E-state index contributed by atoms with van der Waals surface area (Å²) in [5.41, 5.74) is 4.06. The number of amides is 1. The molecule has 22 heavy (non-hydrogen) atoms.